The molecule has 0 saturated heterocycles. The highest BCUT2D eigenvalue weighted by molar-refractivity contribution is 7.93. The molecule has 2 aromatic heterocycles. The van der Waals surface area contributed by atoms with Gasteiger partial charge in [-0.1, -0.05) is 17.7 Å². The van der Waals surface area contributed by atoms with Gasteiger partial charge in [0.15, 0.2) is 0 Å². The van der Waals surface area contributed by atoms with Gasteiger partial charge in [0.05, 0.1) is 5.69 Å². The van der Waals surface area contributed by atoms with E-state index >= 15 is 0 Å². The quantitative estimate of drug-likeness (QED) is 0.650. The number of sulfonamides is 1. The standard InChI is InChI=1S/C20H22N4O3S2/c1-13-3-5-15(6-4-13)23-29(26,27)17-9-10-28-19(17)20(25)22-16-7-8-18-21-14(2)11-24(18)12-16/h3-6,9-11,16,23H,7-8,12H2,1-2H3,(H,22,25). The number of rotatable bonds is 5. The van der Waals surface area contributed by atoms with E-state index in [1.807, 2.05) is 32.2 Å². The normalized spacial score (nSPS) is 16.3. The summed E-state index contributed by atoms with van der Waals surface area (Å²) in [5, 5.41) is 4.61. The molecular weight excluding hydrogens is 408 g/mol. The van der Waals surface area contributed by atoms with E-state index in [9.17, 15) is 13.2 Å². The van der Waals surface area contributed by atoms with Crippen LogP contribution in [0.2, 0.25) is 0 Å². The summed E-state index contributed by atoms with van der Waals surface area (Å²) in [6.07, 6.45) is 3.53. The fraction of sp³-hybridized carbons (Fsp3) is 0.300. The van der Waals surface area contributed by atoms with Crippen molar-refractivity contribution in [3.63, 3.8) is 0 Å². The Morgan fingerprint density at radius 2 is 1.97 bits per heavy atom. The van der Waals surface area contributed by atoms with Crippen LogP contribution in [-0.4, -0.2) is 29.9 Å². The third-order valence-electron chi connectivity index (χ3n) is 4.88. The second kappa shape index (κ2) is 7.64. The Morgan fingerprint density at radius 3 is 2.72 bits per heavy atom. The molecule has 2 N–H and O–H groups in total. The first-order valence-electron chi connectivity index (χ1n) is 9.32. The minimum Gasteiger partial charge on any atom is -0.347 e. The Morgan fingerprint density at radius 1 is 1.21 bits per heavy atom. The predicted octanol–water partition coefficient (Wildman–Crippen LogP) is 3.11. The molecule has 0 aliphatic carbocycles. The van der Waals surface area contributed by atoms with Crippen LogP contribution in [0.3, 0.4) is 0 Å². The van der Waals surface area contributed by atoms with Crippen molar-refractivity contribution in [2.75, 3.05) is 4.72 Å². The molecule has 29 heavy (non-hydrogen) atoms. The molecule has 1 atom stereocenters. The molecule has 1 aromatic carbocycles. The summed E-state index contributed by atoms with van der Waals surface area (Å²) in [6.45, 7) is 4.51. The van der Waals surface area contributed by atoms with Gasteiger partial charge in [-0.2, -0.15) is 0 Å². The number of nitrogens with one attached hydrogen (secondary N) is 2. The van der Waals surface area contributed by atoms with Gasteiger partial charge >= 0.3 is 0 Å². The van der Waals surface area contributed by atoms with Crippen molar-refractivity contribution >= 4 is 33.0 Å². The molecule has 1 aliphatic rings. The number of amides is 1. The molecule has 0 bridgehead atoms. The highest BCUT2D eigenvalue weighted by atomic mass is 32.2. The number of carbonyl (C=O) groups excluding carboxylic acids is 1. The highest BCUT2D eigenvalue weighted by Crippen LogP contribution is 2.25. The fourth-order valence-electron chi connectivity index (χ4n) is 3.46. The van der Waals surface area contributed by atoms with Gasteiger partial charge in [0.25, 0.3) is 15.9 Å². The lowest BCUT2D eigenvalue weighted by Gasteiger charge is -2.24. The third kappa shape index (κ3) is 4.20. The number of benzene rings is 1. The van der Waals surface area contributed by atoms with Crippen LogP contribution in [0, 0.1) is 13.8 Å². The molecular formula is C20H22N4O3S2. The van der Waals surface area contributed by atoms with Gasteiger partial charge in [-0.15, -0.1) is 11.3 Å². The molecule has 0 spiro atoms. The Balaban J connectivity index is 1.49. The molecule has 0 radical (unpaired) electrons. The van der Waals surface area contributed by atoms with Crippen LogP contribution >= 0.6 is 11.3 Å². The number of imidazole rings is 1. The van der Waals surface area contributed by atoms with Crippen molar-refractivity contribution in [2.24, 2.45) is 0 Å². The average Bonchev–Trinajstić information content (AvgIpc) is 3.29. The van der Waals surface area contributed by atoms with Crippen molar-refractivity contribution in [1.82, 2.24) is 14.9 Å². The Bertz CT molecular complexity index is 1150. The van der Waals surface area contributed by atoms with Crippen LogP contribution in [0.15, 0.2) is 46.8 Å². The summed E-state index contributed by atoms with van der Waals surface area (Å²) in [5.74, 6) is 0.657. The molecule has 152 valence electrons. The van der Waals surface area contributed by atoms with Crippen molar-refractivity contribution in [1.29, 1.82) is 0 Å². The zero-order valence-electron chi connectivity index (χ0n) is 16.2. The molecule has 4 rings (SSSR count). The zero-order valence-corrected chi connectivity index (χ0v) is 17.8. The molecule has 1 aliphatic heterocycles. The van der Waals surface area contributed by atoms with Crippen LogP contribution in [0.5, 0.6) is 0 Å². The van der Waals surface area contributed by atoms with Crippen molar-refractivity contribution < 1.29 is 13.2 Å². The monoisotopic (exact) mass is 430 g/mol. The van der Waals surface area contributed by atoms with E-state index in [4.69, 9.17) is 0 Å². The van der Waals surface area contributed by atoms with Gasteiger partial charge in [0, 0.05) is 30.9 Å². The molecule has 1 unspecified atom stereocenters. The van der Waals surface area contributed by atoms with E-state index in [0.717, 1.165) is 41.3 Å². The maximum atomic E-state index is 12.8. The number of aromatic nitrogens is 2. The Labute approximate surface area is 173 Å². The van der Waals surface area contributed by atoms with E-state index in [2.05, 4.69) is 19.6 Å². The topological polar surface area (TPSA) is 93.1 Å². The van der Waals surface area contributed by atoms with Gasteiger partial charge in [-0.25, -0.2) is 13.4 Å². The Hall–Kier alpha value is -2.65. The maximum absolute atomic E-state index is 12.8. The van der Waals surface area contributed by atoms with E-state index in [1.165, 1.54) is 6.07 Å². The van der Waals surface area contributed by atoms with Gasteiger partial charge in [0.2, 0.25) is 0 Å². The number of hydrogen-bond donors (Lipinski definition) is 2. The minimum absolute atomic E-state index is 0.00412. The molecule has 0 saturated carbocycles. The van der Waals surface area contributed by atoms with Gasteiger partial charge in [0.1, 0.15) is 15.6 Å². The van der Waals surface area contributed by atoms with Crippen LogP contribution in [0.1, 0.15) is 33.2 Å². The first kappa shape index (κ1) is 19.7. The van der Waals surface area contributed by atoms with Gasteiger partial charge in [-0.3, -0.25) is 9.52 Å². The molecule has 1 amide bonds. The second-order valence-corrected chi connectivity index (χ2v) is 9.81. The first-order valence-corrected chi connectivity index (χ1v) is 11.7. The lowest BCUT2D eigenvalue weighted by molar-refractivity contribution is 0.0928. The molecule has 3 aromatic rings. The number of fused-ring (bicyclic) bond motifs is 1. The predicted molar refractivity (Wildman–Crippen MR) is 113 cm³/mol. The summed E-state index contributed by atoms with van der Waals surface area (Å²) in [5.41, 5.74) is 2.46. The van der Waals surface area contributed by atoms with Gasteiger partial charge < -0.3 is 9.88 Å². The summed E-state index contributed by atoms with van der Waals surface area (Å²) in [4.78, 5) is 17.5. The van der Waals surface area contributed by atoms with Gasteiger partial charge in [-0.05, 0) is 43.8 Å². The number of anilines is 1. The van der Waals surface area contributed by atoms with Crippen molar-refractivity contribution in [3.8, 4) is 0 Å². The summed E-state index contributed by atoms with van der Waals surface area (Å²) < 4.78 is 30.3. The number of carbonyl (C=O) groups is 1. The molecule has 9 heteroatoms. The summed E-state index contributed by atoms with van der Waals surface area (Å²) >= 11 is 1.13. The number of aryl methyl sites for hydroxylation is 3. The largest absolute Gasteiger partial charge is 0.347 e. The summed E-state index contributed by atoms with van der Waals surface area (Å²) in [6, 6.07) is 8.46. The van der Waals surface area contributed by atoms with Crippen LogP contribution in [0.4, 0.5) is 5.69 Å². The van der Waals surface area contributed by atoms with Crippen molar-refractivity contribution in [3.05, 3.63) is 63.9 Å². The number of nitrogens with zero attached hydrogens (tertiary/aromatic N) is 2. The van der Waals surface area contributed by atoms with Crippen LogP contribution in [-0.2, 0) is 23.0 Å². The molecule has 7 nitrogen and oxygen atoms in total. The van der Waals surface area contributed by atoms with Crippen molar-refractivity contribution in [2.45, 2.75) is 44.2 Å². The summed E-state index contributed by atoms with van der Waals surface area (Å²) in [7, 11) is -3.86. The van der Waals surface area contributed by atoms with Crippen LogP contribution < -0.4 is 10.0 Å². The Kier molecular flexibility index (Phi) is 5.18. The maximum Gasteiger partial charge on any atom is 0.263 e. The average molecular weight is 431 g/mol. The van der Waals surface area contributed by atoms with Crippen LogP contribution in [0.25, 0.3) is 0 Å². The van der Waals surface area contributed by atoms with E-state index in [1.54, 1.807) is 17.5 Å². The minimum atomic E-state index is -3.86. The SMILES string of the molecule is Cc1ccc(NS(=O)(=O)c2ccsc2C(=O)NC2CCc3nc(C)cn3C2)cc1. The first-order chi connectivity index (χ1) is 13.8. The second-order valence-electron chi connectivity index (χ2n) is 7.25. The van der Waals surface area contributed by atoms with E-state index in [0.29, 0.717) is 12.2 Å². The molecule has 0 fully saturated rings. The van der Waals surface area contributed by atoms with E-state index < -0.39 is 10.0 Å². The number of hydrogen-bond acceptors (Lipinski definition) is 5. The molecule has 3 heterocycles. The number of thiophene rings is 1. The zero-order chi connectivity index (χ0) is 20.6. The fourth-order valence-corrected chi connectivity index (χ4v) is 5.85. The van der Waals surface area contributed by atoms with E-state index in [-0.39, 0.29) is 21.7 Å². The lowest BCUT2D eigenvalue weighted by atomic mass is 10.1. The highest BCUT2D eigenvalue weighted by Gasteiger charge is 2.27. The third-order valence-corrected chi connectivity index (χ3v) is 7.34. The lowest BCUT2D eigenvalue weighted by Crippen LogP contribution is -2.41. The smallest absolute Gasteiger partial charge is 0.263 e.